The van der Waals surface area contributed by atoms with Crippen molar-refractivity contribution in [3.8, 4) is 5.75 Å². The predicted molar refractivity (Wildman–Crippen MR) is 121 cm³/mol. The highest BCUT2D eigenvalue weighted by Gasteiger charge is 2.37. The van der Waals surface area contributed by atoms with Crippen LogP contribution in [0.4, 0.5) is 4.79 Å². The molecule has 0 spiro atoms. The number of carbonyl (C=O) groups is 2. The van der Waals surface area contributed by atoms with Crippen LogP contribution in [0.3, 0.4) is 0 Å². The number of carbonyl (C=O) groups excluding carboxylic acids is 2. The molecule has 0 saturated heterocycles. The zero-order chi connectivity index (χ0) is 22.7. The summed E-state index contributed by atoms with van der Waals surface area (Å²) in [7, 11) is 1.58. The molecule has 0 aromatic heterocycles. The summed E-state index contributed by atoms with van der Waals surface area (Å²) >= 11 is 12.3. The van der Waals surface area contributed by atoms with Gasteiger partial charge in [-0.05, 0) is 44.0 Å². The van der Waals surface area contributed by atoms with Crippen molar-refractivity contribution in [1.29, 1.82) is 0 Å². The third kappa shape index (κ3) is 4.97. The second-order valence-corrected chi connectivity index (χ2v) is 8.09. The zero-order valence-electron chi connectivity index (χ0n) is 17.8. The van der Waals surface area contributed by atoms with Crippen molar-refractivity contribution in [1.82, 2.24) is 10.2 Å². The van der Waals surface area contributed by atoms with Crippen LogP contribution in [0.15, 0.2) is 47.7 Å². The molecule has 0 radical (unpaired) electrons. The van der Waals surface area contributed by atoms with Crippen LogP contribution in [0, 0.1) is 13.8 Å². The van der Waals surface area contributed by atoms with Crippen molar-refractivity contribution < 1.29 is 19.1 Å². The number of nitrogens with zero attached hydrogens (tertiary/aromatic N) is 1. The topological polar surface area (TPSA) is 67.9 Å². The van der Waals surface area contributed by atoms with Gasteiger partial charge in [-0.3, -0.25) is 4.90 Å². The average Bonchev–Trinajstić information content (AvgIpc) is 2.73. The summed E-state index contributed by atoms with van der Waals surface area (Å²) in [6, 6.07) is 9.73. The SMILES string of the molecule is CCOC(=O)C1=C(COc2cc(Cl)ccc2Cl)N(C)C(=O)N[C@H]1c1cc(C)ccc1C. The first-order chi connectivity index (χ1) is 14.7. The normalized spacial score (nSPS) is 16.3. The fourth-order valence-electron chi connectivity index (χ4n) is 3.42. The third-order valence-electron chi connectivity index (χ3n) is 5.08. The van der Waals surface area contributed by atoms with E-state index < -0.39 is 12.0 Å². The molecule has 1 atom stereocenters. The molecule has 0 fully saturated rings. The Morgan fingerprint density at radius 3 is 2.61 bits per heavy atom. The summed E-state index contributed by atoms with van der Waals surface area (Å²) in [6.45, 7) is 5.76. The van der Waals surface area contributed by atoms with Gasteiger partial charge in [-0.15, -0.1) is 0 Å². The van der Waals surface area contributed by atoms with Gasteiger partial charge in [0.15, 0.2) is 0 Å². The molecule has 6 nitrogen and oxygen atoms in total. The minimum atomic E-state index is -0.670. The van der Waals surface area contributed by atoms with Gasteiger partial charge in [-0.1, -0.05) is 47.0 Å². The van der Waals surface area contributed by atoms with Gasteiger partial charge < -0.3 is 14.8 Å². The number of benzene rings is 2. The number of rotatable bonds is 6. The molecular weight excluding hydrogens is 439 g/mol. The molecule has 0 aliphatic carbocycles. The third-order valence-corrected chi connectivity index (χ3v) is 5.62. The van der Waals surface area contributed by atoms with Gasteiger partial charge in [0.05, 0.1) is 28.9 Å². The Morgan fingerprint density at radius 2 is 1.90 bits per heavy atom. The highest BCUT2D eigenvalue weighted by molar-refractivity contribution is 6.34. The first-order valence-electron chi connectivity index (χ1n) is 9.82. The lowest BCUT2D eigenvalue weighted by Gasteiger charge is -2.35. The maximum Gasteiger partial charge on any atom is 0.338 e. The van der Waals surface area contributed by atoms with E-state index in [0.717, 1.165) is 16.7 Å². The molecule has 1 N–H and O–H groups in total. The number of halogens is 2. The van der Waals surface area contributed by atoms with Gasteiger partial charge in [0, 0.05) is 18.1 Å². The quantitative estimate of drug-likeness (QED) is 0.598. The Kier molecular flexibility index (Phi) is 7.13. The van der Waals surface area contributed by atoms with Crippen molar-refractivity contribution in [2.24, 2.45) is 0 Å². The van der Waals surface area contributed by atoms with Crippen LogP contribution in [0.25, 0.3) is 0 Å². The molecule has 2 amide bonds. The molecule has 0 saturated carbocycles. The largest absolute Gasteiger partial charge is 0.486 e. The molecule has 1 heterocycles. The molecule has 1 aliphatic rings. The van der Waals surface area contributed by atoms with Crippen LogP contribution >= 0.6 is 23.2 Å². The predicted octanol–water partition coefficient (Wildman–Crippen LogP) is 5.20. The van der Waals surface area contributed by atoms with E-state index in [2.05, 4.69) is 5.32 Å². The van der Waals surface area contributed by atoms with Crippen LogP contribution in [0.2, 0.25) is 10.0 Å². The monoisotopic (exact) mass is 462 g/mol. The van der Waals surface area contributed by atoms with Crippen LogP contribution in [-0.2, 0) is 9.53 Å². The van der Waals surface area contributed by atoms with Gasteiger partial charge >= 0.3 is 12.0 Å². The lowest BCUT2D eigenvalue weighted by atomic mass is 9.90. The Balaban J connectivity index is 2.10. The first kappa shape index (κ1) is 23.0. The maximum atomic E-state index is 13.0. The van der Waals surface area contributed by atoms with Crippen molar-refractivity contribution >= 4 is 35.2 Å². The summed E-state index contributed by atoms with van der Waals surface area (Å²) in [5, 5.41) is 3.75. The van der Waals surface area contributed by atoms with Crippen molar-refractivity contribution in [3.05, 3.63) is 74.4 Å². The molecule has 3 rings (SSSR count). The van der Waals surface area contributed by atoms with E-state index in [9.17, 15) is 9.59 Å². The molecule has 164 valence electrons. The molecule has 0 bridgehead atoms. The van der Waals surface area contributed by atoms with E-state index in [0.29, 0.717) is 27.1 Å². The Bertz CT molecular complexity index is 1050. The number of aryl methyl sites for hydroxylation is 2. The molecule has 31 heavy (non-hydrogen) atoms. The van der Waals surface area contributed by atoms with E-state index in [1.165, 1.54) is 4.90 Å². The minimum absolute atomic E-state index is 0.0699. The van der Waals surface area contributed by atoms with Gasteiger partial charge in [0.1, 0.15) is 12.4 Å². The summed E-state index contributed by atoms with van der Waals surface area (Å²) in [6.07, 6.45) is 0. The Labute approximate surface area is 191 Å². The number of esters is 1. The maximum absolute atomic E-state index is 13.0. The summed E-state index contributed by atoms with van der Waals surface area (Å²) in [5.74, 6) is -0.163. The summed E-state index contributed by atoms with van der Waals surface area (Å²) in [4.78, 5) is 27.1. The number of urea groups is 1. The fourth-order valence-corrected chi connectivity index (χ4v) is 3.75. The number of hydrogen-bond acceptors (Lipinski definition) is 4. The Morgan fingerprint density at radius 1 is 1.16 bits per heavy atom. The Hall–Kier alpha value is -2.70. The minimum Gasteiger partial charge on any atom is -0.486 e. The second kappa shape index (κ2) is 9.62. The number of amides is 2. The second-order valence-electron chi connectivity index (χ2n) is 7.25. The van der Waals surface area contributed by atoms with Gasteiger partial charge in [0.25, 0.3) is 0 Å². The molecule has 1 aliphatic heterocycles. The number of ether oxygens (including phenoxy) is 2. The zero-order valence-corrected chi connectivity index (χ0v) is 19.3. The summed E-state index contributed by atoms with van der Waals surface area (Å²) in [5.41, 5.74) is 3.49. The lowest BCUT2D eigenvalue weighted by molar-refractivity contribution is -0.139. The van der Waals surface area contributed by atoms with Gasteiger partial charge in [0.2, 0.25) is 0 Å². The molecular formula is C23H24Cl2N2O4. The molecule has 0 unspecified atom stereocenters. The van der Waals surface area contributed by atoms with E-state index >= 15 is 0 Å². The van der Waals surface area contributed by atoms with Gasteiger partial charge in [-0.25, -0.2) is 9.59 Å². The molecule has 8 heteroatoms. The van der Waals surface area contributed by atoms with Crippen molar-refractivity contribution in [3.63, 3.8) is 0 Å². The number of likely N-dealkylation sites (N-methyl/N-ethyl adjacent to an activating group) is 1. The average molecular weight is 463 g/mol. The fraction of sp³-hybridized carbons (Fsp3) is 0.304. The van der Waals surface area contributed by atoms with Gasteiger partial charge in [-0.2, -0.15) is 0 Å². The van der Waals surface area contributed by atoms with E-state index in [1.807, 2.05) is 32.0 Å². The molecule has 2 aromatic carbocycles. The lowest BCUT2D eigenvalue weighted by Crippen LogP contribution is -2.48. The number of nitrogens with one attached hydrogen (secondary N) is 1. The van der Waals surface area contributed by atoms with E-state index in [-0.39, 0.29) is 19.2 Å². The van der Waals surface area contributed by atoms with Crippen LogP contribution in [-0.4, -0.2) is 37.2 Å². The van der Waals surface area contributed by atoms with Crippen molar-refractivity contribution in [2.45, 2.75) is 26.8 Å². The number of hydrogen-bond donors (Lipinski definition) is 1. The highest BCUT2D eigenvalue weighted by atomic mass is 35.5. The smallest absolute Gasteiger partial charge is 0.338 e. The van der Waals surface area contributed by atoms with Crippen LogP contribution < -0.4 is 10.1 Å². The standard InChI is InChI=1S/C23H24Cl2N2O4/c1-5-30-22(28)20-18(12-31-19-11-15(24)8-9-17(19)25)27(4)23(29)26-21(20)16-10-13(2)6-7-14(16)3/h6-11,21H,5,12H2,1-4H3,(H,26,29)/t21-/m0/s1. The van der Waals surface area contributed by atoms with Crippen LogP contribution in [0.1, 0.15) is 29.7 Å². The van der Waals surface area contributed by atoms with E-state index in [1.54, 1.807) is 32.2 Å². The van der Waals surface area contributed by atoms with Crippen LogP contribution in [0.5, 0.6) is 5.75 Å². The van der Waals surface area contributed by atoms with Crippen molar-refractivity contribution in [2.75, 3.05) is 20.3 Å². The highest BCUT2D eigenvalue weighted by Crippen LogP contribution is 2.34. The molecule has 2 aromatic rings. The first-order valence-corrected chi connectivity index (χ1v) is 10.6. The summed E-state index contributed by atoms with van der Waals surface area (Å²) < 4.78 is 11.2. The van der Waals surface area contributed by atoms with E-state index in [4.69, 9.17) is 32.7 Å².